The number of piperazine rings is 1. The van der Waals surface area contributed by atoms with Crippen molar-refractivity contribution >= 4 is 11.6 Å². The van der Waals surface area contributed by atoms with Gasteiger partial charge in [-0.15, -0.1) is 0 Å². The van der Waals surface area contributed by atoms with Crippen molar-refractivity contribution in [3.05, 3.63) is 24.3 Å². The Labute approximate surface area is 125 Å². The van der Waals surface area contributed by atoms with Gasteiger partial charge in [-0.3, -0.25) is 9.69 Å². The summed E-state index contributed by atoms with van der Waals surface area (Å²) in [4.78, 5) is 16.4. The molecule has 21 heavy (non-hydrogen) atoms. The number of amides is 1. The fourth-order valence-electron chi connectivity index (χ4n) is 2.36. The molecule has 1 amide bonds. The quantitative estimate of drug-likeness (QED) is 0.748. The lowest BCUT2D eigenvalue weighted by Crippen LogP contribution is -2.54. The third-order valence-electron chi connectivity index (χ3n) is 3.79. The molecule has 0 aliphatic carbocycles. The van der Waals surface area contributed by atoms with E-state index < -0.39 is 0 Å². The summed E-state index contributed by atoms with van der Waals surface area (Å²) < 4.78 is 5.43. The van der Waals surface area contributed by atoms with Crippen LogP contribution in [0.3, 0.4) is 0 Å². The normalized spacial score (nSPS) is 20.2. The smallest absolute Gasteiger partial charge is 0.257 e. The van der Waals surface area contributed by atoms with E-state index in [2.05, 4.69) is 29.2 Å². The van der Waals surface area contributed by atoms with E-state index in [1.807, 2.05) is 12.1 Å². The minimum absolute atomic E-state index is 0.0134. The second kappa shape index (κ2) is 7.28. The van der Waals surface area contributed by atoms with Gasteiger partial charge in [-0.2, -0.15) is 0 Å². The van der Waals surface area contributed by atoms with E-state index in [9.17, 15) is 4.79 Å². The molecule has 1 fully saturated rings. The van der Waals surface area contributed by atoms with E-state index in [4.69, 9.17) is 10.5 Å². The molecule has 1 atom stereocenters. The standard InChI is InChI=1S/C15H24N4O2/c1-18-7-8-19(2)12(10-18)9-17-15(20)11-21-14-6-4-3-5-13(14)16/h3-6,12H,7-11,16H2,1-2H3,(H,17,20). The summed E-state index contributed by atoms with van der Waals surface area (Å²) in [6.45, 7) is 3.67. The van der Waals surface area contributed by atoms with Gasteiger partial charge >= 0.3 is 0 Å². The molecule has 0 saturated carbocycles. The van der Waals surface area contributed by atoms with Crippen molar-refractivity contribution < 1.29 is 9.53 Å². The maximum absolute atomic E-state index is 11.8. The molecule has 0 bridgehead atoms. The number of nitrogen functional groups attached to an aromatic ring is 1. The number of para-hydroxylation sites is 2. The van der Waals surface area contributed by atoms with E-state index in [1.165, 1.54) is 0 Å². The molecule has 6 nitrogen and oxygen atoms in total. The van der Waals surface area contributed by atoms with Gasteiger partial charge < -0.3 is 20.7 Å². The highest BCUT2D eigenvalue weighted by atomic mass is 16.5. The fraction of sp³-hybridized carbons (Fsp3) is 0.533. The maximum Gasteiger partial charge on any atom is 0.257 e. The first kappa shape index (κ1) is 15.6. The summed E-state index contributed by atoms with van der Waals surface area (Å²) >= 11 is 0. The Morgan fingerprint density at radius 3 is 2.90 bits per heavy atom. The second-order valence-electron chi connectivity index (χ2n) is 5.53. The van der Waals surface area contributed by atoms with Crippen LogP contribution >= 0.6 is 0 Å². The van der Waals surface area contributed by atoms with Gasteiger partial charge in [0.2, 0.25) is 0 Å². The summed E-state index contributed by atoms with van der Waals surface area (Å²) in [7, 11) is 4.19. The van der Waals surface area contributed by atoms with Gasteiger partial charge in [-0.1, -0.05) is 12.1 Å². The van der Waals surface area contributed by atoms with Crippen molar-refractivity contribution in [2.24, 2.45) is 0 Å². The Kier molecular flexibility index (Phi) is 5.41. The number of nitrogens with one attached hydrogen (secondary N) is 1. The van der Waals surface area contributed by atoms with E-state index in [0.717, 1.165) is 19.6 Å². The molecule has 0 spiro atoms. The average molecular weight is 292 g/mol. The molecule has 1 aromatic rings. The summed E-state index contributed by atoms with van der Waals surface area (Å²) in [5.41, 5.74) is 6.30. The Morgan fingerprint density at radius 1 is 1.38 bits per heavy atom. The van der Waals surface area contributed by atoms with Crippen LogP contribution in [-0.2, 0) is 4.79 Å². The van der Waals surface area contributed by atoms with E-state index in [0.29, 0.717) is 24.0 Å². The molecular weight excluding hydrogens is 268 g/mol. The number of nitrogens with two attached hydrogens (primary N) is 1. The lowest BCUT2D eigenvalue weighted by Gasteiger charge is -2.37. The maximum atomic E-state index is 11.8. The topological polar surface area (TPSA) is 70.8 Å². The minimum Gasteiger partial charge on any atom is -0.482 e. The fourth-order valence-corrected chi connectivity index (χ4v) is 2.36. The summed E-state index contributed by atoms with van der Waals surface area (Å²) in [6.07, 6.45) is 0. The van der Waals surface area contributed by atoms with Crippen LogP contribution in [-0.4, -0.2) is 68.6 Å². The molecule has 1 aliphatic rings. The molecule has 1 saturated heterocycles. The monoisotopic (exact) mass is 292 g/mol. The van der Waals surface area contributed by atoms with Crippen molar-refractivity contribution in [3.63, 3.8) is 0 Å². The number of carbonyl (C=O) groups excluding carboxylic acids is 1. The van der Waals surface area contributed by atoms with E-state index in [1.54, 1.807) is 12.1 Å². The van der Waals surface area contributed by atoms with Crippen LogP contribution < -0.4 is 15.8 Å². The number of hydrogen-bond donors (Lipinski definition) is 2. The molecule has 0 aromatic heterocycles. The van der Waals surface area contributed by atoms with Gasteiger partial charge in [0.15, 0.2) is 6.61 Å². The van der Waals surface area contributed by atoms with Gasteiger partial charge in [0, 0.05) is 32.2 Å². The number of nitrogens with zero attached hydrogens (tertiary/aromatic N) is 2. The molecule has 116 valence electrons. The van der Waals surface area contributed by atoms with Crippen LogP contribution in [0.4, 0.5) is 5.69 Å². The molecule has 6 heteroatoms. The van der Waals surface area contributed by atoms with Gasteiger partial charge in [-0.25, -0.2) is 0 Å². The summed E-state index contributed by atoms with van der Waals surface area (Å²) in [6, 6.07) is 7.51. The SMILES string of the molecule is CN1CCN(C)C(CNC(=O)COc2ccccc2N)C1. The van der Waals surface area contributed by atoms with Crippen LogP contribution in [0.25, 0.3) is 0 Å². The van der Waals surface area contributed by atoms with Crippen molar-refractivity contribution in [1.29, 1.82) is 0 Å². The van der Waals surface area contributed by atoms with Gasteiger partial charge in [0.05, 0.1) is 5.69 Å². The Hall–Kier alpha value is -1.79. The zero-order chi connectivity index (χ0) is 15.2. The number of rotatable bonds is 5. The molecule has 0 radical (unpaired) electrons. The lowest BCUT2D eigenvalue weighted by molar-refractivity contribution is -0.123. The van der Waals surface area contributed by atoms with Gasteiger partial charge in [0.25, 0.3) is 5.91 Å². The first-order valence-corrected chi connectivity index (χ1v) is 7.19. The Bertz CT molecular complexity index is 480. The van der Waals surface area contributed by atoms with Crippen molar-refractivity contribution in [3.8, 4) is 5.75 Å². The predicted octanol–water partition coefficient (Wildman–Crippen LogP) is 0.00960. The molecular formula is C15H24N4O2. The van der Waals surface area contributed by atoms with Crippen LogP contribution in [0.5, 0.6) is 5.75 Å². The molecule has 1 heterocycles. The van der Waals surface area contributed by atoms with E-state index >= 15 is 0 Å². The third-order valence-corrected chi connectivity index (χ3v) is 3.79. The molecule has 3 N–H and O–H groups in total. The van der Waals surface area contributed by atoms with Crippen LogP contribution in [0.2, 0.25) is 0 Å². The van der Waals surface area contributed by atoms with Crippen molar-refractivity contribution in [2.45, 2.75) is 6.04 Å². The lowest BCUT2D eigenvalue weighted by atomic mass is 10.2. The number of likely N-dealkylation sites (N-methyl/N-ethyl adjacent to an activating group) is 2. The van der Waals surface area contributed by atoms with E-state index in [-0.39, 0.29) is 12.5 Å². The Morgan fingerprint density at radius 2 is 2.14 bits per heavy atom. The van der Waals surface area contributed by atoms with Gasteiger partial charge in [0.1, 0.15) is 5.75 Å². The highest BCUT2D eigenvalue weighted by Crippen LogP contribution is 2.19. The summed E-state index contributed by atoms with van der Waals surface area (Å²) in [5, 5.41) is 2.92. The van der Waals surface area contributed by atoms with Crippen LogP contribution in [0, 0.1) is 0 Å². The summed E-state index contributed by atoms with van der Waals surface area (Å²) in [5.74, 6) is 0.419. The zero-order valence-electron chi connectivity index (χ0n) is 12.7. The highest BCUT2D eigenvalue weighted by molar-refractivity contribution is 5.77. The largest absolute Gasteiger partial charge is 0.482 e. The average Bonchev–Trinajstić information content (AvgIpc) is 2.47. The molecule has 1 aromatic carbocycles. The molecule has 2 rings (SSSR count). The first-order valence-electron chi connectivity index (χ1n) is 7.19. The number of ether oxygens (including phenoxy) is 1. The molecule has 1 aliphatic heterocycles. The zero-order valence-corrected chi connectivity index (χ0v) is 12.7. The number of anilines is 1. The third kappa shape index (κ3) is 4.61. The minimum atomic E-state index is -0.125. The highest BCUT2D eigenvalue weighted by Gasteiger charge is 2.22. The number of benzene rings is 1. The predicted molar refractivity (Wildman–Crippen MR) is 83.3 cm³/mol. The number of carbonyl (C=O) groups is 1. The van der Waals surface area contributed by atoms with Crippen molar-refractivity contribution in [2.75, 3.05) is 52.6 Å². The van der Waals surface area contributed by atoms with Crippen LogP contribution in [0.15, 0.2) is 24.3 Å². The van der Waals surface area contributed by atoms with Crippen molar-refractivity contribution in [1.82, 2.24) is 15.1 Å². The first-order chi connectivity index (χ1) is 10.1. The Balaban J connectivity index is 1.73. The second-order valence-corrected chi connectivity index (χ2v) is 5.53. The van der Waals surface area contributed by atoms with Crippen LogP contribution in [0.1, 0.15) is 0 Å². The molecule has 1 unspecified atom stereocenters. The van der Waals surface area contributed by atoms with Gasteiger partial charge in [-0.05, 0) is 26.2 Å². The number of hydrogen-bond acceptors (Lipinski definition) is 5.